The van der Waals surface area contributed by atoms with Gasteiger partial charge in [-0.15, -0.1) is 91.8 Å². The fourth-order valence-corrected chi connectivity index (χ4v) is 2.48. The van der Waals surface area contributed by atoms with Crippen LogP contribution in [-0.4, -0.2) is 185 Å². The van der Waals surface area contributed by atoms with E-state index < -0.39 is 0 Å². The van der Waals surface area contributed by atoms with Crippen molar-refractivity contribution in [2.45, 2.75) is 0 Å². The van der Waals surface area contributed by atoms with E-state index in [4.69, 9.17) is 11.7 Å². The van der Waals surface area contributed by atoms with E-state index in [9.17, 15) is 0 Å². The van der Waals surface area contributed by atoms with E-state index in [1.165, 1.54) is 6.33 Å². The standard InChI is InChI=1S/C4H4N14.C2H3N9.C2H2N8.C2H6N8.CH2N4/c5(3-11-15-16-12-3)1-7-9-2(10-8-1)6-4-13-17-18-14-4;3(1-4-8-9-5-1)2-6-10-11-7-2;3-1(4-8-7-3)2-5-9-10-6-2;3-5-1-7-9-2(6-4)10-8-1;1-2-4-5-3-1/h(H2,5,7,8,11,12,15,16)(H2,6,9,10,13,14,17,18);(H3,3,4,5,6,7,8,9,10,11);(H,3,4,7,8)(H,5,6,9,10);3-4H2,(H,5,7,8)(H,6,9,10);1H,(H,2,3,4,5). The molecular formula is C11H17N43. The maximum atomic E-state index is 4.93. The van der Waals surface area contributed by atoms with Crippen LogP contribution in [0.5, 0.6) is 0 Å². The highest BCUT2D eigenvalue weighted by Crippen LogP contribution is 2.05. The number of nitrogens with one attached hydrogen (secondary N) is 12. The minimum atomic E-state index is 0.120. The molecule has 16 N–H and O–H groups in total. The van der Waals surface area contributed by atoms with Gasteiger partial charge in [-0.1, -0.05) is 25.6 Å². The number of nitrogen functional groups attached to an aromatic ring is 2. The van der Waals surface area contributed by atoms with Crippen LogP contribution in [0.2, 0.25) is 0 Å². The molecule has 9 rings (SSSR count). The highest BCUT2D eigenvalue weighted by atomic mass is 15.6. The Bertz CT molecular complexity index is 1950. The smallest absolute Gasteiger partial charge is 0.276 e. The molecule has 9 aromatic heterocycles. The van der Waals surface area contributed by atoms with Crippen LogP contribution in [0.15, 0.2) is 6.33 Å². The van der Waals surface area contributed by atoms with E-state index in [0.717, 1.165) is 0 Å². The third-order valence-electron chi connectivity index (χ3n) is 4.43. The van der Waals surface area contributed by atoms with Gasteiger partial charge in [-0.3, -0.25) is 26.8 Å². The largest absolute Gasteiger partial charge is 0.290 e. The zero-order chi connectivity index (χ0) is 37.5. The molecule has 0 unspecified atom stereocenters. The van der Waals surface area contributed by atoms with Gasteiger partial charge in [0, 0.05) is 0 Å². The van der Waals surface area contributed by atoms with Crippen LogP contribution in [0.25, 0.3) is 11.6 Å². The summed E-state index contributed by atoms with van der Waals surface area (Å²) < 4.78 is 0. The molecule has 9 aromatic rings. The zero-order valence-electron chi connectivity index (χ0n) is 25.7. The first-order valence-corrected chi connectivity index (χ1v) is 13.1. The first-order chi connectivity index (χ1) is 26.7. The van der Waals surface area contributed by atoms with Gasteiger partial charge in [0.15, 0.2) is 6.33 Å². The molecule has 0 aliphatic carbocycles. The van der Waals surface area contributed by atoms with E-state index in [1.807, 2.05) is 0 Å². The summed E-state index contributed by atoms with van der Waals surface area (Å²) in [6, 6.07) is 0. The summed E-state index contributed by atoms with van der Waals surface area (Å²) in [5.41, 5.74) is 4.32. The van der Waals surface area contributed by atoms with E-state index in [2.05, 4.69) is 212 Å². The molecule has 0 saturated heterocycles. The van der Waals surface area contributed by atoms with Crippen molar-refractivity contribution in [2.24, 2.45) is 11.7 Å². The van der Waals surface area contributed by atoms with Crippen molar-refractivity contribution in [3.8, 4) is 11.6 Å². The van der Waals surface area contributed by atoms with Gasteiger partial charge in [0.25, 0.3) is 47.6 Å². The van der Waals surface area contributed by atoms with Gasteiger partial charge in [0.05, 0.1) is 0 Å². The van der Waals surface area contributed by atoms with Crippen LogP contribution in [-0.2, 0) is 0 Å². The summed E-state index contributed by atoms with van der Waals surface area (Å²) in [5.74, 6) is 12.0. The minimum absolute atomic E-state index is 0.120. The van der Waals surface area contributed by atoms with Gasteiger partial charge < -0.3 is 0 Å². The highest BCUT2D eigenvalue weighted by Gasteiger charge is 2.07. The van der Waals surface area contributed by atoms with Crippen molar-refractivity contribution in [3.05, 3.63) is 6.33 Å². The number of H-pyrrole nitrogens is 7. The van der Waals surface area contributed by atoms with Crippen LogP contribution in [0.4, 0.5) is 47.6 Å². The van der Waals surface area contributed by atoms with Crippen LogP contribution >= 0.6 is 0 Å². The van der Waals surface area contributed by atoms with Gasteiger partial charge >= 0.3 is 0 Å². The Labute approximate surface area is 289 Å². The maximum Gasteiger partial charge on any atom is 0.276 e. The fraction of sp³-hybridized carbons (Fsp3) is 0. The fourth-order valence-electron chi connectivity index (χ4n) is 2.48. The minimum Gasteiger partial charge on any atom is -0.290 e. The number of nitrogens with two attached hydrogens (primary N) is 2. The summed E-state index contributed by atoms with van der Waals surface area (Å²) >= 11 is 0. The number of hydrogen-bond donors (Lipinski definition) is 14. The van der Waals surface area contributed by atoms with Gasteiger partial charge in [0.2, 0.25) is 11.6 Å². The molecular weight excluding hydrogens is 734 g/mol. The first-order valence-electron chi connectivity index (χ1n) is 13.1. The molecule has 0 aliphatic rings. The van der Waals surface area contributed by atoms with Crippen LogP contribution in [0, 0.1) is 0 Å². The van der Waals surface area contributed by atoms with Crippen molar-refractivity contribution in [2.75, 3.05) is 26.8 Å². The molecule has 0 radical (unpaired) electrons. The molecule has 54 heavy (non-hydrogen) atoms. The normalized spacial score (nSPS) is 9.67. The summed E-state index contributed by atoms with van der Waals surface area (Å²) in [6.45, 7) is 0. The molecule has 0 amide bonds. The molecule has 43 nitrogen and oxygen atoms in total. The lowest BCUT2D eigenvalue weighted by Crippen LogP contribution is -2.16. The lowest BCUT2D eigenvalue weighted by molar-refractivity contribution is 0.856. The van der Waals surface area contributed by atoms with Gasteiger partial charge in [-0.25, -0.2) is 11.7 Å². The summed E-state index contributed by atoms with van der Waals surface area (Å²) in [5, 5.41) is 126. The van der Waals surface area contributed by atoms with Crippen LogP contribution in [0.3, 0.4) is 0 Å². The Morgan fingerprint density at radius 2 is 0.667 bits per heavy atom. The Kier molecular flexibility index (Phi) is 13.2. The number of rotatable bonds is 9. The Morgan fingerprint density at radius 1 is 0.333 bits per heavy atom. The topological polar surface area (TPSA) is 597 Å². The number of anilines is 8. The van der Waals surface area contributed by atoms with Crippen molar-refractivity contribution in [1.82, 2.24) is 185 Å². The van der Waals surface area contributed by atoms with Crippen LogP contribution in [0.1, 0.15) is 0 Å². The quantitative estimate of drug-likeness (QED) is 0.0481. The molecule has 0 saturated carbocycles. The maximum absolute atomic E-state index is 4.93. The Morgan fingerprint density at radius 3 is 0.907 bits per heavy atom. The molecule has 0 fully saturated rings. The second-order valence-electron chi connectivity index (χ2n) is 7.73. The number of aromatic nitrogens is 36. The average Bonchev–Trinajstić information content (AvgIpc) is 4.07. The number of nitrogens with zero attached hydrogens (tertiary/aromatic N) is 29. The molecule has 0 aliphatic heterocycles. The van der Waals surface area contributed by atoms with E-state index in [0.29, 0.717) is 23.5 Å². The molecule has 0 spiro atoms. The summed E-state index contributed by atoms with van der Waals surface area (Å²) in [6.07, 6.45) is 1.33. The molecule has 0 atom stereocenters. The second-order valence-corrected chi connectivity index (χ2v) is 7.73. The van der Waals surface area contributed by atoms with Gasteiger partial charge in [-0.2, -0.15) is 36.5 Å². The Balaban J connectivity index is 0.000000137. The summed E-state index contributed by atoms with van der Waals surface area (Å²) in [7, 11) is 0. The molecule has 0 aromatic carbocycles. The third kappa shape index (κ3) is 12.1. The van der Waals surface area contributed by atoms with Gasteiger partial charge in [0.1, 0.15) is 0 Å². The number of hydrazine groups is 2. The number of aromatic amines is 7. The van der Waals surface area contributed by atoms with Crippen molar-refractivity contribution < 1.29 is 0 Å². The SMILES string of the molecule is NNc1nnc(NN)nn1.c1nn[nH]n1.n1nc(-c2nn[nH]n2)n[nH]1.n1nc(Nc2nn[nH]n2)n[nH]1.n1nc(Nc2nnc(Nc3nn[nH]n3)nn2)n[nH]1. The molecule has 0 bridgehead atoms. The predicted molar refractivity (Wildman–Crippen MR) is 159 cm³/mol. The number of hydrogen-bond acceptors (Lipinski definition) is 36. The second kappa shape index (κ2) is 20.0. The molecule has 43 heteroatoms. The molecule has 9 heterocycles. The zero-order valence-corrected chi connectivity index (χ0v) is 25.7. The lowest BCUT2D eigenvalue weighted by atomic mass is 10.6. The van der Waals surface area contributed by atoms with Crippen molar-refractivity contribution in [1.29, 1.82) is 0 Å². The van der Waals surface area contributed by atoms with E-state index in [1.54, 1.807) is 0 Å². The monoisotopic (exact) mass is 751 g/mol. The van der Waals surface area contributed by atoms with Crippen LogP contribution < -0.4 is 38.5 Å². The summed E-state index contributed by atoms with van der Waals surface area (Å²) in [4.78, 5) is 0. The first kappa shape index (κ1) is 35.6. The highest BCUT2D eigenvalue weighted by molar-refractivity contribution is 5.42. The lowest BCUT2D eigenvalue weighted by Gasteiger charge is -1.98. The van der Waals surface area contributed by atoms with Gasteiger partial charge in [-0.05, 0) is 31.3 Å². The predicted octanol–water partition coefficient (Wildman–Crippen LogP) is -8.35. The van der Waals surface area contributed by atoms with Crippen molar-refractivity contribution >= 4 is 47.6 Å². The number of tetrazole rings is 7. The van der Waals surface area contributed by atoms with Crippen molar-refractivity contribution in [3.63, 3.8) is 0 Å². The van der Waals surface area contributed by atoms with E-state index in [-0.39, 0.29) is 35.7 Å². The third-order valence-corrected chi connectivity index (χ3v) is 4.43. The van der Waals surface area contributed by atoms with E-state index >= 15 is 0 Å². The molecule has 276 valence electrons. The Hall–Kier alpha value is -9.71. The average molecular weight is 752 g/mol.